The van der Waals surface area contributed by atoms with Crippen LogP contribution in [0.1, 0.15) is 46.3 Å². The number of hydrogen-bond donors (Lipinski definition) is 2. The first-order valence-electron chi connectivity index (χ1n) is 11.5. The predicted molar refractivity (Wildman–Crippen MR) is 129 cm³/mol. The van der Waals surface area contributed by atoms with E-state index in [1.165, 1.54) is 11.1 Å². The molecule has 1 aromatic carbocycles. The number of nitriles is 1. The molecule has 1 aliphatic rings. The second-order valence-corrected chi connectivity index (χ2v) is 8.75. The van der Waals surface area contributed by atoms with Crippen LogP contribution in [0.5, 0.6) is 0 Å². The molecule has 2 N–H and O–H groups in total. The Labute approximate surface area is 206 Å². The second-order valence-electron chi connectivity index (χ2n) is 8.75. The lowest BCUT2D eigenvalue weighted by Crippen LogP contribution is -2.47. The molecule has 4 heterocycles. The molecule has 4 aromatic rings. The van der Waals surface area contributed by atoms with Gasteiger partial charge < -0.3 is 19.8 Å². The SMILES string of the molecule is Cc1ccc(-c2noc(C3CN(C(=O)O)C3)n2)cc1NC(=O)c1cnc2ccc(CCCC#N)cn12. The van der Waals surface area contributed by atoms with Crippen molar-refractivity contribution in [3.05, 3.63) is 65.4 Å². The lowest BCUT2D eigenvalue weighted by molar-refractivity contribution is 0.0958. The molecule has 5 rings (SSSR count). The summed E-state index contributed by atoms with van der Waals surface area (Å²) in [7, 11) is 0. The van der Waals surface area contributed by atoms with Gasteiger partial charge in [-0.1, -0.05) is 23.4 Å². The standard InChI is InChI=1S/C25H23N7O4/c1-15-5-7-17(22-29-24(36-30-22)18-13-31(14-18)25(34)35)10-19(15)28-23(33)20-11-27-21-8-6-16(12-32(20)21)4-2-3-9-26/h5-8,10-12,18H,2-4,13-14H2,1H3,(H,28,33)(H,34,35). The van der Waals surface area contributed by atoms with Gasteiger partial charge in [0.05, 0.1) is 18.2 Å². The van der Waals surface area contributed by atoms with Crippen molar-refractivity contribution in [2.45, 2.75) is 32.1 Å². The fourth-order valence-corrected chi connectivity index (χ4v) is 4.10. The summed E-state index contributed by atoms with van der Waals surface area (Å²) in [5.74, 6) is 0.330. The zero-order chi connectivity index (χ0) is 25.2. The smallest absolute Gasteiger partial charge is 0.407 e. The van der Waals surface area contributed by atoms with E-state index in [1.807, 2.05) is 37.4 Å². The maximum Gasteiger partial charge on any atom is 0.407 e. The Morgan fingerprint density at radius 2 is 2.11 bits per heavy atom. The number of carboxylic acid groups (broad SMARTS) is 1. The normalized spacial score (nSPS) is 13.4. The summed E-state index contributed by atoms with van der Waals surface area (Å²) in [4.78, 5) is 34.2. The summed E-state index contributed by atoms with van der Waals surface area (Å²) in [5.41, 5.74) is 4.20. The highest BCUT2D eigenvalue weighted by atomic mass is 16.5. The number of carbonyl (C=O) groups excluding carboxylic acids is 1. The fraction of sp³-hybridized carbons (Fsp3) is 0.280. The molecule has 11 heteroatoms. The summed E-state index contributed by atoms with van der Waals surface area (Å²) in [6.45, 7) is 2.54. The molecule has 0 saturated carbocycles. The molecular weight excluding hydrogens is 462 g/mol. The van der Waals surface area contributed by atoms with Crippen molar-refractivity contribution in [1.29, 1.82) is 5.26 Å². The van der Waals surface area contributed by atoms with Gasteiger partial charge in [-0.05, 0) is 43.0 Å². The number of aromatic nitrogens is 4. The number of hydrogen-bond acceptors (Lipinski definition) is 7. The molecule has 11 nitrogen and oxygen atoms in total. The van der Waals surface area contributed by atoms with Gasteiger partial charge in [-0.3, -0.25) is 9.20 Å². The number of amides is 2. The zero-order valence-corrected chi connectivity index (χ0v) is 19.5. The zero-order valence-electron chi connectivity index (χ0n) is 19.5. The third-order valence-corrected chi connectivity index (χ3v) is 6.24. The number of likely N-dealkylation sites (tertiary alicyclic amines) is 1. The van der Waals surface area contributed by atoms with Crippen molar-refractivity contribution in [1.82, 2.24) is 24.4 Å². The molecule has 1 aliphatic heterocycles. The molecule has 1 saturated heterocycles. The number of benzene rings is 1. The van der Waals surface area contributed by atoms with Crippen LogP contribution in [0.15, 0.2) is 47.2 Å². The Bertz CT molecular complexity index is 1490. The van der Waals surface area contributed by atoms with E-state index >= 15 is 0 Å². The predicted octanol–water partition coefficient (Wildman–Crippen LogP) is 3.87. The Hall–Kier alpha value is -4.72. The Morgan fingerprint density at radius 1 is 1.28 bits per heavy atom. The van der Waals surface area contributed by atoms with Crippen molar-refractivity contribution < 1.29 is 19.2 Å². The van der Waals surface area contributed by atoms with Crippen LogP contribution in [-0.4, -0.2) is 54.6 Å². The average molecular weight is 486 g/mol. The van der Waals surface area contributed by atoms with Gasteiger partial charge in [-0.2, -0.15) is 10.2 Å². The molecule has 0 bridgehead atoms. The summed E-state index contributed by atoms with van der Waals surface area (Å²) in [6, 6.07) is 11.4. The summed E-state index contributed by atoms with van der Waals surface area (Å²) in [6.07, 6.45) is 4.42. The number of aryl methyl sites for hydroxylation is 2. The molecule has 182 valence electrons. The van der Waals surface area contributed by atoms with Crippen LogP contribution >= 0.6 is 0 Å². The van der Waals surface area contributed by atoms with Gasteiger partial charge in [-0.15, -0.1) is 0 Å². The minimum absolute atomic E-state index is 0.119. The maximum absolute atomic E-state index is 13.2. The molecule has 0 aliphatic carbocycles. The van der Waals surface area contributed by atoms with E-state index in [4.69, 9.17) is 14.9 Å². The molecule has 2 amide bonds. The molecule has 0 radical (unpaired) electrons. The average Bonchev–Trinajstić information content (AvgIpc) is 3.47. The number of unbranched alkanes of at least 4 members (excludes halogenated alkanes) is 1. The minimum atomic E-state index is -0.967. The monoisotopic (exact) mass is 485 g/mol. The van der Waals surface area contributed by atoms with Crippen molar-refractivity contribution in [2.75, 3.05) is 18.4 Å². The third-order valence-electron chi connectivity index (χ3n) is 6.24. The number of carbonyl (C=O) groups is 2. The fourth-order valence-electron chi connectivity index (χ4n) is 4.10. The maximum atomic E-state index is 13.2. The minimum Gasteiger partial charge on any atom is -0.465 e. The van der Waals surface area contributed by atoms with Gasteiger partial charge in [0, 0.05) is 37.0 Å². The van der Waals surface area contributed by atoms with E-state index in [0.717, 1.165) is 24.0 Å². The van der Waals surface area contributed by atoms with Gasteiger partial charge in [0.1, 0.15) is 11.3 Å². The van der Waals surface area contributed by atoms with Crippen LogP contribution in [0.2, 0.25) is 0 Å². The number of imidazole rings is 1. The van der Waals surface area contributed by atoms with E-state index in [2.05, 4.69) is 26.5 Å². The number of anilines is 1. The van der Waals surface area contributed by atoms with Crippen molar-refractivity contribution >= 4 is 23.3 Å². The highest BCUT2D eigenvalue weighted by Gasteiger charge is 2.35. The first kappa shape index (κ1) is 23.0. The van der Waals surface area contributed by atoms with Gasteiger partial charge >= 0.3 is 6.09 Å². The van der Waals surface area contributed by atoms with Crippen molar-refractivity contribution in [3.8, 4) is 17.5 Å². The highest BCUT2D eigenvalue weighted by Crippen LogP contribution is 2.29. The summed E-state index contributed by atoms with van der Waals surface area (Å²) < 4.78 is 7.11. The molecule has 0 atom stereocenters. The number of pyridine rings is 1. The topological polar surface area (TPSA) is 150 Å². The van der Waals surface area contributed by atoms with Crippen LogP contribution in [0, 0.1) is 18.3 Å². The van der Waals surface area contributed by atoms with E-state index in [9.17, 15) is 9.59 Å². The Kier molecular flexibility index (Phi) is 6.08. The number of nitrogens with zero attached hydrogens (tertiary/aromatic N) is 6. The molecule has 0 unspecified atom stereocenters. The molecule has 36 heavy (non-hydrogen) atoms. The van der Waals surface area contributed by atoms with Crippen LogP contribution < -0.4 is 5.32 Å². The highest BCUT2D eigenvalue weighted by molar-refractivity contribution is 6.04. The number of nitrogens with one attached hydrogen (secondary N) is 1. The third kappa shape index (κ3) is 4.48. The quantitative estimate of drug-likeness (QED) is 0.375. The largest absolute Gasteiger partial charge is 0.465 e. The number of fused-ring (bicyclic) bond motifs is 1. The van der Waals surface area contributed by atoms with E-state index < -0.39 is 6.09 Å². The van der Waals surface area contributed by atoms with Crippen LogP contribution in [0.25, 0.3) is 17.0 Å². The van der Waals surface area contributed by atoms with Gasteiger partial charge in [0.15, 0.2) is 0 Å². The van der Waals surface area contributed by atoms with E-state index in [-0.39, 0.29) is 11.8 Å². The van der Waals surface area contributed by atoms with E-state index in [1.54, 1.807) is 10.5 Å². The first-order chi connectivity index (χ1) is 17.4. The van der Waals surface area contributed by atoms with Gasteiger partial charge in [-0.25, -0.2) is 9.78 Å². The summed E-state index contributed by atoms with van der Waals surface area (Å²) in [5, 5.41) is 24.8. The van der Waals surface area contributed by atoms with Crippen LogP contribution in [0.3, 0.4) is 0 Å². The molecule has 3 aromatic heterocycles. The lowest BCUT2D eigenvalue weighted by atomic mass is 10.0. The Balaban J connectivity index is 1.33. The van der Waals surface area contributed by atoms with Crippen LogP contribution in [0.4, 0.5) is 10.5 Å². The second kappa shape index (κ2) is 9.50. The summed E-state index contributed by atoms with van der Waals surface area (Å²) >= 11 is 0. The van der Waals surface area contributed by atoms with Crippen molar-refractivity contribution in [2.24, 2.45) is 0 Å². The Morgan fingerprint density at radius 3 is 2.89 bits per heavy atom. The van der Waals surface area contributed by atoms with Gasteiger partial charge in [0.25, 0.3) is 5.91 Å². The molecule has 1 fully saturated rings. The first-order valence-corrected chi connectivity index (χ1v) is 11.5. The number of rotatable bonds is 7. The van der Waals surface area contributed by atoms with Gasteiger partial charge in [0.2, 0.25) is 11.7 Å². The molecule has 0 spiro atoms. The molecular formula is C25H23N7O4. The van der Waals surface area contributed by atoms with E-state index in [0.29, 0.717) is 53.8 Å². The lowest BCUT2D eigenvalue weighted by Gasteiger charge is -2.34. The van der Waals surface area contributed by atoms with Crippen molar-refractivity contribution in [3.63, 3.8) is 0 Å². The van der Waals surface area contributed by atoms with Crippen LogP contribution in [-0.2, 0) is 6.42 Å².